The van der Waals surface area contributed by atoms with Crippen LogP contribution in [0.5, 0.6) is 5.75 Å². The number of nitrogens with one attached hydrogen (secondary N) is 1. The molecule has 3 aromatic rings. The summed E-state index contributed by atoms with van der Waals surface area (Å²) in [6.45, 7) is 0.886. The first-order chi connectivity index (χ1) is 15.6. The Kier molecular flexibility index (Phi) is 6.03. The molecule has 1 N–H and O–H groups in total. The lowest BCUT2D eigenvalue weighted by Gasteiger charge is -2.16. The first kappa shape index (κ1) is 22.7. The Morgan fingerprint density at radius 3 is 2.27 bits per heavy atom. The number of benzene rings is 3. The molecule has 0 aromatic heterocycles. The number of hydrogen-bond acceptors (Lipinski definition) is 4. The molecule has 10 heteroatoms. The molecule has 0 unspecified atom stereocenters. The second-order valence-electron chi connectivity index (χ2n) is 7.47. The van der Waals surface area contributed by atoms with Gasteiger partial charge >= 0.3 is 15.5 Å². The summed E-state index contributed by atoms with van der Waals surface area (Å²) in [6.07, 6.45) is 0. The number of hydrogen-bond donors (Lipinski definition) is 1. The number of fused-ring (bicyclic) bond motifs is 1. The molecule has 0 saturated carbocycles. The first-order valence-electron chi connectivity index (χ1n) is 9.90. The molecule has 172 valence electrons. The van der Waals surface area contributed by atoms with Crippen LogP contribution >= 0.6 is 0 Å². The smallest absolute Gasteiger partial charge is 0.488 e. The van der Waals surface area contributed by atoms with Gasteiger partial charge in [-0.1, -0.05) is 54.6 Å². The van der Waals surface area contributed by atoms with Crippen molar-refractivity contribution < 1.29 is 31.1 Å². The SMILES string of the molecule is O=C1c2c(cccc2OCc2ccccc2)CN1Cc1ccc(NS(=O)(=O)C(F)(F)F)cc1. The predicted molar refractivity (Wildman–Crippen MR) is 116 cm³/mol. The zero-order valence-electron chi connectivity index (χ0n) is 17.2. The zero-order valence-corrected chi connectivity index (χ0v) is 18.0. The van der Waals surface area contributed by atoms with E-state index in [2.05, 4.69) is 0 Å². The number of alkyl halides is 3. The molecule has 0 radical (unpaired) electrons. The van der Waals surface area contributed by atoms with Crippen molar-refractivity contribution in [2.45, 2.75) is 25.2 Å². The maximum absolute atomic E-state index is 13.0. The molecular formula is C23H19F3N2O4S. The summed E-state index contributed by atoms with van der Waals surface area (Å²) in [5.41, 5.74) is -2.71. The van der Waals surface area contributed by atoms with Gasteiger partial charge in [0.25, 0.3) is 5.91 Å². The second kappa shape index (κ2) is 8.78. The van der Waals surface area contributed by atoms with E-state index in [1.807, 2.05) is 42.5 Å². The van der Waals surface area contributed by atoms with Crippen molar-refractivity contribution in [1.82, 2.24) is 4.90 Å². The van der Waals surface area contributed by atoms with E-state index < -0.39 is 15.5 Å². The quantitative estimate of drug-likeness (QED) is 0.537. The number of anilines is 1. The Bertz CT molecular complexity index is 1260. The Morgan fingerprint density at radius 1 is 0.909 bits per heavy atom. The van der Waals surface area contributed by atoms with E-state index in [0.717, 1.165) is 11.1 Å². The van der Waals surface area contributed by atoms with Crippen LogP contribution in [0.3, 0.4) is 0 Å². The third-order valence-electron chi connectivity index (χ3n) is 5.10. The summed E-state index contributed by atoms with van der Waals surface area (Å²) in [4.78, 5) is 14.6. The van der Waals surface area contributed by atoms with E-state index in [4.69, 9.17) is 4.74 Å². The van der Waals surface area contributed by atoms with Crippen molar-refractivity contribution in [3.8, 4) is 5.75 Å². The summed E-state index contributed by atoms with van der Waals surface area (Å²) in [5.74, 6) is 0.274. The number of carbonyl (C=O) groups excluding carboxylic acids is 1. The van der Waals surface area contributed by atoms with Gasteiger partial charge in [-0.3, -0.25) is 9.52 Å². The lowest BCUT2D eigenvalue weighted by molar-refractivity contribution is -0.0429. The third-order valence-corrected chi connectivity index (χ3v) is 6.21. The number of rotatable bonds is 7. The fourth-order valence-electron chi connectivity index (χ4n) is 3.48. The molecule has 6 nitrogen and oxygen atoms in total. The molecule has 0 aliphatic carbocycles. The standard InChI is InChI=1S/C23H19F3N2O4S/c24-23(25,26)33(30,31)27-19-11-9-16(10-12-19)13-28-14-18-7-4-8-20(21(18)22(28)29)32-15-17-5-2-1-3-6-17/h1-12,27H,13-15H2. The lowest BCUT2D eigenvalue weighted by Crippen LogP contribution is -2.29. The van der Waals surface area contributed by atoms with Crippen LogP contribution in [-0.2, 0) is 29.7 Å². The van der Waals surface area contributed by atoms with Crippen LogP contribution in [0, 0.1) is 0 Å². The molecule has 0 spiro atoms. The molecule has 0 saturated heterocycles. The monoisotopic (exact) mass is 476 g/mol. The molecule has 3 aromatic carbocycles. The molecule has 1 aliphatic rings. The van der Waals surface area contributed by atoms with Gasteiger partial charge in [0.05, 0.1) is 5.56 Å². The maximum atomic E-state index is 13.0. The summed E-state index contributed by atoms with van der Waals surface area (Å²) >= 11 is 0. The van der Waals surface area contributed by atoms with Crippen LogP contribution in [0.25, 0.3) is 0 Å². The molecule has 0 atom stereocenters. The van der Waals surface area contributed by atoms with Crippen molar-refractivity contribution >= 4 is 21.6 Å². The third kappa shape index (κ3) is 4.95. The van der Waals surface area contributed by atoms with Gasteiger partial charge in [0.1, 0.15) is 12.4 Å². The van der Waals surface area contributed by atoms with Crippen LogP contribution in [0.1, 0.15) is 27.0 Å². The Balaban J connectivity index is 1.44. The van der Waals surface area contributed by atoms with Gasteiger partial charge in [0, 0.05) is 18.8 Å². The van der Waals surface area contributed by atoms with Gasteiger partial charge in [-0.15, -0.1) is 0 Å². The maximum Gasteiger partial charge on any atom is 0.516 e. The van der Waals surface area contributed by atoms with Crippen LogP contribution in [-0.4, -0.2) is 24.7 Å². The van der Waals surface area contributed by atoms with E-state index in [1.165, 1.54) is 29.0 Å². The Hall–Kier alpha value is -3.53. The Labute approximate surface area is 188 Å². The van der Waals surface area contributed by atoms with Gasteiger partial charge < -0.3 is 9.64 Å². The van der Waals surface area contributed by atoms with Gasteiger partial charge in [-0.25, -0.2) is 0 Å². The number of halogens is 3. The summed E-state index contributed by atoms with van der Waals surface area (Å²) in [6, 6.07) is 20.4. The molecule has 1 heterocycles. The van der Waals surface area contributed by atoms with Crippen molar-refractivity contribution in [1.29, 1.82) is 0 Å². The van der Waals surface area contributed by atoms with E-state index in [1.54, 1.807) is 11.0 Å². The van der Waals surface area contributed by atoms with Crippen LogP contribution < -0.4 is 9.46 Å². The van der Waals surface area contributed by atoms with Crippen molar-refractivity contribution in [2.75, 3.05) is 4.72 Å². The minimum absolute atomic E-state index is 0.206. The average Bonchev–Trinajstić information content (AvgIpc) is 3.09. The van der Waals surface area contributed by atoms with E-state index >= 15 is 0 Å². The number of nitrogens with zero attached hydrogens (tertiary/aromatic N) is 1. The predicted octanol–water partition coefficient (Wildman–Crippen LogP) is 4.68. The van der Waals surface area contributed by atoms with Crippen molar-refractivity contribution in [2.24, 2.45) is 0 Å². The van der Waals surface area contributed by atoms with Gasteiger partial charge in [0.2, 0.25) is 0 Å². The Morgan fingerprint density at radius 2 is 1.61 bits per heavy atom. The lowest BCUT2D eigenvalue weighted by atomic mass is 10.1. The molecule has 1 amide bonds. The van der Waals surface area contributed by atoms with Crippen molar-refractivity contribution in [3.05, 3.63) is 95.1 Å². The van der Waals surface area contributed by atoms with Gasteiger partial charge in [-0.2, -0.15) is 21.6 Å². The normalized spacial score (nSPS) is 13.7. The summed E-state index contributed by atoms with van der Waals surface area (Å²) in [5, 5.41) is 0. The van der Waals surface area contributed by atoms with Gasteiger partial charge in [0.15, 0.2) is 0 Å². The minimum atomic E-state index is -5.49. The number of sulfonamides is 1. The van der Waals surface area contributed by atoms with E-state index in [9.17, 15) is 26.4 Å². The van der Waals surface area contributed by atoms with Crippen LogP contribution in [0.15, 0.2) is 72.8 Å². The molecule has 1 aliphatic heterocycles. The fourth-order valence-corrected chi connectivity index (χ4v) is 4.04. The highest BCUT2D eigenvalue weighted by Crippen LogP contribution is 2.32. The number of ether oxygens (including phenoxy) is 1. The summed E-state index contributed by atoms with van der Waals surface area (Å²) in [7, 11) is -5.49. The number of amides is 1. The highest BCUT2D eigenvalue weighted by atomic mass is 32.2. The topological polar surface area (TPSA) is 75.7 Å². The average molecular weight is 476 g/mol. The van der Waals surface area contributed by atoms with E-state index in [-0.39, 0.29) is 18.1 Å². The van der Waals surface area contributed by atoms with Crippen LogP contribution in [0.4, 0.5) is 18.9 Å². The molecule has 33 heavy (non-hydrogen) atoms. The highest BCUT2D eigenvalue weighted by molar-refractivity contribution is 7.93. The molecule has 4 rings (SSSR count). The number of carbonyl (C=O) groups is 1. The van der Waals surface area contributed by atoms with Crippen LogP contribution in [0.2, 0.25) is 0 Å². The van der Waals surface area contributed by atoms with Gasteiger partial charge in [-0.05, 0) is 34.9 Å². The minimum Gasteiger partial charge on any atom is -0.488 e. The highest BCUT2D eigenvalue weighted by Gasteiger charge is 2.46. The summed E-state index contributed by atoms with van der Waals surface area (Å²) < 4.78 is 67.4. The molecule has 0 bridgehead atoms. The van der Waals surface area contributed by atoms with E-state index in [0.29, 0.717) is 30.0 Å². The zero-order chi connectivity index (χ0) is 23.6. The van der Waals surface area contributed by atoms with Crippen molar-refractivity contribution in [3.63, 3.8) is 0 Å². The largest absolute Gasteiger partial charge is 0.516 e. The first-order valence-corrected chi connectivity index (χ1v) is 11.4. The molecular weight excluding hydrogens is 457 g/mol. The fraction of sp³-hybridized carbons (Fsp3) is 0.174. The second-order valence-corrected chi connectivity index (χ2v) is 9.15. The molecule has 0 fully saturated rings.